The molecule has 1 N–H and O–H groups in total. The second-order valence-electron chi connectivity index (χ2n) is 4.90. The van der Waals surface area contributed by atoms with Gasteiger partial charge in [0.05, 0.1) is 6.10 Å². The van der Waals surface area contributed by atoms with Crippen molar-refractivity contribution >= 4 is 0 Å². The molecule has 0 aromatic carbocycles. The van der Waals surface area contributed by atoms with Crippen molar-refractivity contribution in [1.29, 1.82) is 0 Å². The Balaban J connectivity index is 2.41. The van der Waals surface area contributed by atoms with Gasteiger partial charge in [-0.15, -0.1) is 0 Å². The maximum Gasteiger partial charge on any atom is 0.108 e. The fourth-order valence-corrected chi connectivity index (χ4v) is 2.42. The molecule has 0 saturated heterocycles. The number of aliphatic hydroxyl groups excluding tert-OH is 1. The third kappa shape index (κ3) is 4.50. The Kier molecular flexibility index (Phi) is 6.27. The van der Waals surface area contributed by atoms with Crippen LogP contribution in [0.5, 0.6) is 0 Å². The maximum absolute atomic E-state index is 10.2. The quantitative estimate of drug-likeness (QED) is 0.756. The minimum absolute atomic E-state index is 0.174. The Hall–Kier alpha value is -0.830. The molecule has 1 rings (SSSR count). The van der Waals surface area contributed by atoms with Gasteiger partial charge in [0.1, 0.15) is 5.82 Å². The van der Waals surface area contributed by atoms with Crippen molar-refractivity contribution in [2.45, 2.75) is 58.5 Å². The van der Waals surface area contributed by atoms with E-state index in [0.29, 0.717) is 5.92 Å². The van der Waals surface area contributed by atoms with Crippen LogP contribution in [-0.2, 0) is 13.5 Å². The van der Waals surface area contributed by atoms with Crippen LogP contribution in [0.2, 0.25) is 0 Å². The van der Waals surface area contributed by atoms with Crippen LogP contribution < -0.4 is 0 Å². The average Bonchev–Trinajstić information content (AvgIpc) is 2.71. The van der Waals surface area contributed by atoms with Crippen molar-refractivity contribution in [2.75, 3.05) is 0 Å². The predicted octanol–water partition coefficient (Wildman–Crippen LogP) is 2.93. The summed E-state index contributed by atoms with van der Waals surface area (Å²) < 4.78 is 2.03. The molecule has 3 heteroatoms. The van der Waals surface area contributed by atoms with Crippen molar-refractivity contribution in [1.82, 2.24) is 9.55 Å². The van der Waals surface area contributed by atoms with Gasteiger partial charge in [0.25, 0.3) is 0 Å². The minimum Gasteiger partial charge on any atom is -0.393 e. The largest absolute Gasteiger partial charge is 0.393 e. The van der Waals surface area contributed by atoms with Gasteiger partial charge in [-0.25, -0.2) is 4.98 Å². The Bertz CT molecular complexity index is 303. The molecule has 0 aliphatic heterocycles. The second kappa shape index (κ2) is 7.49. The average molecular weight is 238 g/mol. The molecule has 3 nitrogen and oxygen atoms in total. The summed E-state index contributed by atoms with van der Waals surface area (Å²) in [7, 11) is 2.00. The number of rotatable bonds is 8. The lowest BCUT2D eigenvalue weighted by Gasteiger charge is -2.21. The van der Waals surface area contributed by atoms with Gasteiger partial charge < -0.3 is 9.67 Å². The van der Waals surface area contributed by atoms with E-state index >= 15 is 0 Å². The van der Waals surface area contributed by atoms with E-state index in [1.54, 1.807) is 0 Å². The smallest absolute Gasteiger partial charge is 0.108 e. The van der Waals surface area contributed by atoms with Crippen LogP contribution in [0.3, 0.4) is 0 Å². The van der Waals surface area contributed by atoms with Crippen LogP contribution in [0.4, 0.5) is 0 Å². The molecule has 0 fully saturated rings. The molecule has 1 unspecified atom stereocenters. The number of aromatic nitrogens is 2. The van der Waals surface area contributed by atoms with Crippen LogP contribution in [0, 0.1) is 5.92 Å². The summed E-state index contributed by atoms with van der Waals surface area (Å²) in [4.78, 5) is 4.29. The zero-order chi connectivity index (χ0) is 12.7. The molecular formula is C14H26N2O. The normalized spacial score (nSPS) is 13.2. The van der Waals surface area contributed by atoms with Crippen molar-refractivity contribution in [2.24, 2.45) is 13.0 Å². The molecule has 0 aliphatic rings. The first-order valence-corrected chi connectivity index (χ1v) is 6.83. The fraction of sp³-hybridized carbons (Fsp3) is 0.786. The lowest BCUT2D eigenvalue weighted by molar-refractivity contribution is 0.0876. The van der Waals surface area contributed by atoms with Crippen LogP contribution in [0.1, 0.15) is 51.8 Å². The van der Waals surface area contributed by atoms with E-state index in [0.717, 1.165) is 44.3 Å². The van der Waals surface area contributed by atoms with Crippen molar-refractivity contribution in [3.63, 3.8) is 0 Å². The van der Waals surface area contributed by atoms with Gasteiger partial charge in [-0.2, -0.15) is 0 Å². The lowest BCUT2D eigenvalue weighted by Crippen LogP contribution is -2.21. The summed E-state index contributed by atoms with van der Waals surface area (Å²) in [5, 5.41) is 10.2. The monoisotopic (exact) mass is 238 g/mol. The molecule has 0 spiro atoms. The topological polar surface area (TPSA) is 38.1 Å². The SMILES string of the molecule is CCCC(CCC)C(O)CCc1nccn1C. The molecule has 0 amide bonds. The zero-order valence-electron chi connectivity index (χ0n) is 11.4. The summed E-state index contributed by atoms with van der Waals surface area (Å²) in [6.45, 7) is 4.38. The molecule has 98 valence electrons. The van der Waals surface area contributed by atoms with Crippen molar-refractivity contribution < 1.29 is 5.11 Å². The Morgan fingerprint density at radius 2 is 1.88 bits per heavy atom. The van der Waals surface area contributed by atoms with Crippen LogP contribution in [0.15, 0.2) is 12.4 Å². The van der Waals surface area contributed by atoms with E-state index < -0.39 is 0 Å². The number of nitrogens with zero attached hydrogens (tertiary/aromatic N) is 2. The second-order valence-corrected chi connectivity index (χ2v) is 4.90. The number of aryl methyl sites for hydroxylation is 2. The lowest BCUT2D eigenvalue weighted by atomic mass is 9.90. The zero-order valence-corrected chi connectivity index (χ0v) is 11.4. The van der Waals surface area contributed by atoms with E-state index in [-0.39, 0.29) is 6.10 Å². The van der Waals surface area contributed by atoms with Crippen LogP contribution in [-0.4, -0.2) is 20.8 Å². The molecule has 1 aromatic heterocycles. The van der Waals surface area contributed by atoms with E-state index in [9.17, 15) is 5.11 Å². The molecular weight excluding hydrogens is 212 g/mol. The van der Waals surface area contributed by atoms with E-state index in [2.05, 4.69) is 18.8 Å². The molecule has 1 aromatic rings. The first-order chi connectivity index (χ1) is 8.19. The van der Waals surface area contributed by atoms with Crippen molar-refractivity contribution in [3.8, 4) is 0 Å². The Morgan fingerprint density at radius 1 is 1.24 bits per heavy atom. The standard InChI is InChI=1S/C14H26N2O/c1-4-6-12(7-5-2)13(17)8-9-14-15-10-11-16(14)3/h10-13,17H,4-9H2,1-3H3. The van der Waals surface area contributed by atoms with Gasteiger partial charge in [-0.3, -0.25) is 0 Å². The molecule has 0 saturated carbocycles. The molecule has 0 bridgehead atoms. The van der Waals surface area contributed by atoms with Gasteiger partial charge in [0, 0.05) is 25.9 Å². The predicted molar refractivity (Wildman–Crippen MR) is 70.8 cm³/mol. The highest BCUT2D eigenvalue weighted by Gasteiger charge is 2.17. The van der Waals surface area contributed by atoms with E-state index in [4.69, 9.17) is 0 Å². The van der Waals surface area contributed by atoms with Gasteiger partial charge in [0.15, 0.2) is 0 Å². The summed E-state index contributed by atoms with van der Waals surface area (Å²) in [5.41, 5.74) is 0. The van der Waals surface area contributed by atoms with Gasteiger partial charge in [-0.1, -0.05) is 26.7 Å². The number of aliphatic hydroxyl groups is 1. The summed E-state index contributed by atoms with van der Waals surface area (Å²) in [6, 6.07) is 0. The first-order valence-electron chi connectivity index (χ1n) is 6.83. The molecule has 1 heterocycles. The van der Waals surface area contributed by atoms with E-state index in [1.165, 1.54) is 0 Å². The summed E-state index contributed by atoms with van der Waals surface area (Å²) >= 11 is 0. The highest BCUT2D eigenvalue weighted by atomic mass is 16.3. The van der Waals surface area contributed by atoms with Gasteiger partial charge in [0.2, 0.25) is 0 Å². The summed E-state index contributed by atoms with van der Waals surface area (Å²) in [6.07, 6.45) is 9.88. The van der Waals surface area contributed by atoms with E-state index in [1.807, 2.05) is 24.0 Å². The molecule has 0 radical (unpaired) electrons. The van der Waals surface area contributed by atoms with Gasteiger partial charge >= 0.3 is 0 Å². The van der Waals surface area contributed by atoms with Crippen LogP contribution >= 0.6 is 0 Å². The third-order valence-electron chi connectivity index (χ3n) is 3.45. The first kappa shape index (κ1) is 14.2. The van der Waals surface area contributed by atoms with Crippen molar-refractivity contribution in [3.05, 3.63) is 18.2 Å². The Morgan fingerprint density at radius 3 is 2.35 bits per heavy atom. The number of imidazole rings is 1. The van der Waals surface area contributed by atoms with Crippen LogP contribution in [0.25, 0.3) is 0 Å². The summed E-state index contributed by atoms with van der Waals surface area (Å²) in [5.74, 6) is 1.53. The number of hydrogen-bond donors (Lipinski definition) is 1. The molecule has 17 heavy (non-hydrogen) atoms. The molecule has 0 aliphatic carbocycles. The maximum atomic E-state index is 10.2. The number of hydrogen-bond acceptors (Lipinski definition) is 2. The van der Waals surface area contributed by atoms with Gasteiger partial charge in [-0.05, 0) is 25.2 Å². The minimum atomic E-state index is -0.174. The Labute approximate surface area is 105 Å². The third-order valence-corrected chi connectivity index (χ3v) is 3.45. The highest BCUT2D eigenvalue weighted by molar-refractivity contribution is 4.91. The highest BCUT2D eigenvalue weighted by Crippen LogP contribution is 2.21. The fourth-order valence-electron chi connectivity index (χ4n) is 2.42. The molecule has 1 atom stereocenters.